The van der Waals surface area contributed by atoms with Crippen molar-refractivity contribution in [2.24, 2.45) is 0 Å². The standard InChI is InChI=1S/C19H20N2O5/c1-25-18(23)11-16-19(24)20-8-9-21(16)17(22)12-26-15-7-6-13-4-2-3-5-14(13)10-15/h2-7,10,16H,8-9,11-12H2,1H3,(H,20,24). The molecule has 0 radical (unpaired) electrons. The maximum Gasteiger partial charge on any atom is 0.308 e. The third-order valence-electron chi connectivity index (χ3n) is 4.32. The summed E-state index contributed by atoms with van der Waals surface area (Å²) in [7, 11) is 1.25. The summed E-state index contributed by atoms with van der Waals surface area (Å²) in [6, 6.07) is 12.5. The van der Waals surface area contributed by atoms with Crippen molar-refractivity contribution in [3.8, 4) is 5.75 Å². The number of nitrogens with zero attached hydrogens (tertiary/aromatic N) is 1. The number of rotatable bonds is 5. The Hall–Kier alpha value is -3.09. The van der Waals surface area contributed by atoms with Gasteiger partial charge in [0.1, 0.15) is 11.8 Å². The number of carbonyl (C=O) groups excluding carboxylic acids is 3. The Balaban J connectivity index is 1.66. The zero-order chi connectivity index (χ0) is 18.5. The maximum absolute atomic E-state index is 12.5. The van der Waals surface area contributed by atoms with E-state index in [1.165, 1.54) is 12.0 Å². The predicted octanol–water partition coefficient (Wildman–Crippen LogP) is 1.11. The lowest BCUT2D eigenvalue weighted by Gasteiger charge is -2.34. The molecule has 3 rings (SSSR count). The topological polar surface area (TPSA) is 84.9 Å². The van der Waals surface area contributed by atoms with Gasteiger partial charge in [-0.2, -0.15) is 0 Å². The highest BCUT2D eigenvalue weighted by Crippen LogP contribution is 2.21. The molecule has 2 amide bonds. The van der Waals surface area contributed by atoms with Gasteiger partial charge >= 0.3 is 5.97 Å². The molecule has 1 N–H and O–H groups in total. The van der Waals surface area contributed by atoms with Crippen LogP contribution in [0.5, 0.6) is 5.75 Å². The van der Waals surface area contributed by atoms with E-state index in [9.17, 15) is 14.4 Å². The molecule has 0 aromatic heterocycles. The minimum absolute atomic E-state index is 0.177. The Labute approximate surface area is 150 Å². The number of nitrogens with one attached hydrogen (secondary N) is 1. The number of fused-ring (bicyclic) bond motifs is 1. The highest BCUT2D eigenvalue weighted by atomic mass is 16.5. The minimum atomic E-state index is -0.871. The van der Waals surface area contributed by atoms with Gasteiger partial charge in [0.25, 0.3) is 5.91 Å². The molecule has 26 heavy (non-hydrogen) atoms. The van der Waals surface area contributed by atoms with E-state index in [4.69, 9.17) is 4.74 Å². The first-order valence-electron chi connectivity index (χ1n) is 8.34. The van der Waals surface area contributed by atoms with Crippen LogP contribution in [-0.4, -0.2) is 55.5 Å². The van der Waals surface area contributed by atoms with Gasteiger partial charge in [-0.3, -0.25) is 14.4 Å². The molecular weight excluding hydrogens is 336 g/mol. The number of hydrogen-bond acceptors (Lipinski definition) is 5. The normalized spacial score (nSPS) is 16.9. The molecule has 7 heteroatoms. The van der Waals surface area contributed by atoms with Gasteiger partial charge in [0.15, 0.2) is 6.61 Å². The predicted molar refractivity (Wildman–Crippen MR) is 94.6 cm³/mol. The Kier molecular flexibility index (Phi) is 5.36. The molecule has 1 aliphatic rings. The van der Waals surface area contributed by atoms with Crippen LogP contribution in [0.15, 0.2) is 42.5 Å². The third-order valence-corrected chi connectivity index (χ3v) is 4.32. The van der Waals surface area contributed by atoms with Gasteiger partial charge in [0.05, 0.1) is 13.5 Å². The van der Waals surface area contributed by atoms with Crippen molar-refractivity contribution in [2.75, 3.05) is 26.8 Å². The van der Waals surface area contributed by atoms with Gasteiger partial charge in [-0.05, 0) is 22.9 Å². The zero-order valence-electron chi connectivity index (χ0n) is 14.4. The molecule has 136 valence electrons. The Morgan fingerprint density at radius 2 is 1.96 bits per heavy atom. The van der Waals surface area contributed by atoms with Gasteiger partial charge < -0.3 is 19.7 Å². The number of ether oxygens (including phenoxy) is 2. The van der Waals surface area contributed by atoms with Crippen LogP contribution in [0.3, 0.4) is 0 Å². The van der Waals surface area contributed by atoms with Crippen LogP contribution in [0.25, 0.3) is 10.8 Å². The zero-order valence-corrected chi connectivity index (χ0v) is 14.4. The first-order chi connectivity index (χ1) is 12.6. The fraction of sp³-hybridized carbons (Fsp3) is 0.316. The number of amides is 2. The fourth-order valence-corrected chi connectivity index (χ4v) is 2.94. The molecule has 2 aromatic rings. The monoisotopic (exact) mass is 356 g/mol. The van der Waals surface area contributed by atoms with Gasteiger partial charge in [-0.25, -0.2) is 0 Å². The van der Waals surface area contributed by atoms with E-state index in [2.05, 4.69) is 10.1 Å². The maximum atomic E-state index is 12.5. The van der Waals surface area contributed by atoms with Crippen molar-refractivity contribution in [3.63, 3.8) is 0 Å². The smallest absolute Gasteiger partial charge is 0.308 e. The number of esters is 1. The van der Waals surface area contributed by atoms with Crippen molar-refractivity contribution in [1.82, 2.24) is 10.2 Å². The summed E-state index contributed by atoms with van der Waals surface area (Å²) in [4.78, 5) is 37.5. The molecule has 1 aliphatic heterocycles. The van der Waals surface area contributed by atoms with Gasteiger partial charge in [-0.1, -0.05) is 30.3 Å². The molecule has 2 aromatic carbocycles. The largest absolute Gasteiger partial charge is 0.484 e. The van der Waals surface area contributed by atoms with Crippen LogP contribution in [0.1, 0.15) is 6.42 Å². The lowest BCUT2D eigenvalue weighted by atomic mass is 10.1. The Bertz CT molecular complexity index is 836. The van der Waals surface area contributed by atoms with Crippen molar-refractivity contribution < 1.29 is 23.9 Å². The average Bonchev–Trinajstić information content (AvgIpc) is 2.67. The van der Waals surface area contributed by atoms with Gasteiger partial charge in [-0.15, -0.1) is 0 Å². The van der Waals surface area contributed by atoms with Crippen molar-refractivity contribution in [3.05, 3.63) is 42.5 Å². The third kappa shape index (κ3) is 3.93. The summed E-state index contributed by atoms with van der Waals surface area (Å²) in [6.07, 6.45) is -0.177. The fourth-order valence-electron chi connectivity index (χ4n) is 2.94. The van der Waals surface area contributed by atoms with Gasteiger partial charge in [0.2, 0.25) is 5.91 Å². The van der Waals surface area contributed by atoms with E-state index in [-0.39, 0.29) is 24.8 Å². The van der Waals surface area contributed by atoms with E-state index >= 15 is 0 Å². The van der Waals surface area contributed by atoms with E-state index in [1.807, 2.05) is 36.4 Å². The van der Waals surface area contributed by atoms with Crippen LogP contribution >= 0.6 is 0 Å². The van der Waals surface area contributed by atoms with Crippen LogP contribution in [0.2, 0.25) is 0 Å². The van der Waals surface area contributed by atoms with E-state index in [1.54, 1.807) is 6.07 Å². The number of hydrogen-bond donors (Lipinski definition) is 1. The Morgan fingerprint density at radius 1 is 1.19 bits per heavy atom. The number of methoxy groups -OCH3 is 1. The average molecular weight is 356 g/mol. The molecule has 7 nitrogen and oxygen atoms in total. The summed E-state index contributed by atoms with van der Waals surface area (Å²) >= 11 is 0. The number of carbonyl (C=O) groups is 3. The first kappa shape index (κ1) is 17.7. The molecule has 1 fully saturated rings. The lowest BCUT2D eigenvalue weighted by Crippen LogP contribution is -2.58. The molecule has 1 unspecified atom stereocenters. The number of benzene rings is 2. The summed E-state index contributed by atoms with van der Waals surface area (Å²) < 4.78 is 10.2. The van der Waals surface area contributed by atoms with E-state index in [0.717, 1.165) is 10.8 Å². The van der Waals surface area contributed by atoms with Crippen LogP contribution in [-0.2, 0) is 19.1 Å². The minimum Gasteiger partial charge on any atom is -0.484 e. The highest BCUT2D eigenvalue weighted by Gasteiger charge is 2.35. The molecular formula is C19H20N2O5. The van der Waals surface area contributed by atoms with E-state index < -0.39 is 12.0 Å². The SMILES string of the molecule is COC(=O)CC1C(=O)NCCN1C(=O)COc1ccc2ccccc2c1. The molecule has 0 spiro atoms. The van der Waals surface area contributed by atoms with Crippen molar-refractivity contribution in [2.45, 2.75) is 12.5 Å². The summed E-state index contributed by atoms with van der Waals surface area (Å²) in [6.45, 7) is 0.467. The molecule has 0 saturated carbocycles. The van der Waals surface area contributed by atoms with Crippen LogP contribution in [0, 0.1) is 0 Å². The van der Waals surface area contributed by atoms with Crippen molar-refractivity contribution in [1.29, 1.82) is 0 Å². The second-order valence-electron chi connectivity index (χ2n) is 5.97. The van der Waals surface area contributed by atoms with Crippen LogP contribution < -0.4 is 10.1 Å². The molecule has 1 heterocycles. The number of piperazine rings is 1. The van der Waals surface area contributed by atoms with E-state index in [0.29, 0.717) is 18.8 Å². The van der Waals surface area contributed by atoms with Crippen LogP contribution in [0.4, 0.5) is 0 Å². The molecule has 0 aliphatic carbocycles. The summed E-state index contributed by atoms with van der Waals surface area (Å²) in [5.74, 6) is -0.675. The lowest BCUT2D eigenvalue weighted by molar-refractivity contribution is -0.151. The molecule has 1 atom stereocenters. The quantitative estimate of drug-likeness (QED) is 0.811. The first-order valence-corrected chi connectivity index (χ1v) is 8.34. The Morgan fingerprint density at radius 3 is 2.73 bits per heavy atom. The molecule has 0 bridgehead atoms. The highest BCUT2D eigenvalue weighted by molar-refractivity contribution is 5.92. The summed E-state index contributed by atoms with van der Waals surface area (Å²) in [5, 5.41) is 4.75. The van der Waals surface area contributed by atoms with Gasteiger partial charge in [0, 0.05) is 13.1 Å². The summed E-state index contributed by atoms with van der Waals surface area (Å²) in [5.41, 5.74) is 0. The second-order valence-corrected chi connectivity index (χ2v) is 5.97. The molecule has 1 saturated heterocycles. The van der Waals surface area contributed by atoms with Crippen molar-refractivity contribution >= 4 is 28.6 Å². The second kappa shape index (κ2) is 7.86.